The van der Waals surface area contributed by atoms with E-state index in [0.29, 0.717) is 0 Å². The van der Waals surface area contributed by atoms with E-state index < -0.39 is 16.1 Å². The molecule has 1 heterocycles. The van der Waals surface area contributed by atoms with Gasteiger partial charge in [0.15, 0.2) is 0 Å². The van der Waals surface area contributed by atoms with Crippen molar-refractivity contribution in [3.63, 3.8) is 0 Å². The summed E-state index contributed by atoms with van der Waals surface area (Å²) >= 11 is 0. The number of carbonyl (C=O) groups is 1. The van der Waals surface area contributed by atoms with Gasteiger partial charge in [0.1, 0.15) is 0 Å². The fourth-order valence-corrected chi connectivity index (χ4v) is 3.41. The third-order valence-electron chi connectivity index (χ3n) is 2.95. The molecule has 1 saturated heterocycles. The van der Waals surface area contributed by atoms with Gasteiger partial charge in [0.05, 0.1) is 4.90 Å². The SMILES string of the molecule is [CH2-]C1[CH-]C(=O)CCN1S(=O)(=O)c1ccc(C)cc1.[CH3-].[W+2].[Y]. The molecule has 0 amide bonds. The zero-order chi connectivity index (χ0) is 13.3. The number of benzene rings is 1. The van der Waals surface area contributed by atoms with Gasteiger partial charge < -0.3 is 25.6 Å². The third kappa shape index (κ3) is 5.55. The first kappa shape index (κ1) is 23.7. The zero-order valence-electron chi connectivity index (χ0n) is 12.2. The predicted molar refractivity (Wildman–Crippen MR) is 74.6 cm³/mol. The van der Waals surface area contributed by atoms with Gasteiger partial charge in [-0.15, -0.1) is 0 Å². The molecule has 1 aromatic rings. The quantitative estimate of drug-likeness (QED) is 0.526. The minimum atomic E-state index is -3.56. The van der Waals surface area contributed by atoms with Crippen molar-refractivity contribution in [2.75, 3.05) is 6.54 Å². The second kappa shape index (κ2) is 9.57. The molecule has 1 unspecified atom stereocenters. The van der Waals surface area contributed by atoms with Crippen LogP contribution in [0.3, 0.4) is 0 Å². The maximum Gasteiger partial charge on any atom is 2.00 e. The molecule has 0 saturated carbocycles. The van der Waals surface area contributed by atoms with Gasteiger partial charge in [-0.2, -0.15) is 0 Å². The molecule has 1 aliphatic rings. The summed E-state index contributed by atoms with van der Waals surface area (Å²) in [4.78, 5) is 11.5. The topological polar surface area (TPSA) is 54.5 Å². The Kier molecular flexibility index (Phi) is 10.8. The minimum absolute atomic E-state index is 0. The summed E-state index contributed by atoms with van der Waals surface area (Å²) < 4.78 is 26.0. The molecule has 1 fully saturated rings. The average Bonchev–Trinajstić information content (AvgIpc) is 2.29. The number of rotatable bonds is 2. The largest absolute Gasteiger partial charge is 2.00 e. The Morgan fingerprint density at radius 2 is 1.81 bits per heavy atom. The molecule has 0 bridgehead atoms. The van der Waals surface area contributed by atoms with Crippen molar-refractivity contribution in [2.24, 2.45) is 0 Å². The third-order valence-corrected chi connectivity index (χ3v) is 4.89. The van der Waals surface area contributed by atoms with Crippen LogP contribution in [-0.2, 0) is 68.6 Å². The van der Waals surface area contributed by atoms with Crippen molar-refractivity contribution in [2.45, 2.75) is 24.3 Å². The zero-order valence-corrected chi connectivity index (χ0v) is 18.7. The Morgan fingerprint density at radius 1 is 1.29 bits per heavy atom. The summed E-state index contributed by atoms with van der Waals surface area (Å²) in [6.07, 6.45) is 1.58. The summed E-state index contributed by atoms with van der Waals surface area (Å²) in [5.41, 5.74) is 1.00. The standard InChI is InChI=1S/C13H15NO3S.CH3.W.Y/c1-10-3-5-13(6-4-10)18(16,17)14-8-7-12(15)9-11(14)2;;;/h3-6,9,11H,2,7-8H2,1H3;1H3;;/q-2;-1;+2;. The number of nitrogens with zero attached hydrogens (tertiary/aromatic N) is 1. The number of hydrogen-bond acceptors (Lipinski definition) is 3. The van der Waals surface area contributed by atoms with Crippen molar-refractivity contribution in [1.82, 2.24) is 4.31 Å². The van der Waals surface area contributed by atoms with Crippen LogP contribution < -0.4 is 0 Å². The van der Waals surface area contributed by atoms with E-state index in [-0.39, 0.29) is 84.8 Å². The smallest absolute Gasteiger partial charge is 0.358 e. The Bertz CT molecular complexity index is 560. The molecule has 0 aromatic heterocycles. The van der Waals surface area contributed by atoms with Gasteiger partial charge in [-0.1, -0.05) is 17.7 Å². The van der Waals surface area contributed by atoms with Crippen LogP contribution in [0.2, 0.25) is 0 Å². The second-order valence-electron chi connectivity index (χ2n) is 4.38. The van der Waals surface area contributed by atoms with E-state index >= 15 is 0 Å². The summed E-state index contributed by atoms with van der Waals surface area (Å²) in [7, 11) is -3.56. The first-order chi connectivity index (χ1) is 8.41. The molecule has 0 N–H and O–H groups in total. The first-order valence-electron chi connectivity index (χ1n) is 5.70. The van der Waals surface area contributed by atoms with Gasteiger partial charge in [0.2, 0.25) is 10.0 Å². The maximum atomic E-state index is 12.4. The number of hydrogen-bond donors (Lipinski definition) is 0. The summed E-state index contributed by atoms with van der Waals surface area (Å²) in [6, 6.07) is 6.03. The van der Waals surface area contributed by atoms with E-state index in [9.17, 15) is 13.2 Å². The normalized spacial score (nSPS) is 18.6. The summed E-state index contributed by atoms with van der Waals surface area (Å²) in [6.45, 7) is 5.80. The molecule has 2 rings (SSSR count). The van der Waals surface area contributed by atoms with Gasteiger partial charge in [-0.25, -0.2) is 14.5 Å². The van der Waals surface area contributed by atoms with Gasteiger partial charge >= 0.3 is 21.1 Å². The molecular formula is C14H18NO3SWY-. The van der Waals surface area contributed by atoms with Crippen LogP contribution in [0.5, 0.6) is 0 Å². The Morgan fingerprint density at radius 3 is 2.29 bits per heavy atom. The Balaban J connectivity index is 0. The van der Waals surface area contributed by atoms with Crippen molar-refractivity contribution in [3.05, 3.63) is 50.6 Å². The van der Waals surface area contributed by atoms with Gasteiger partial charge in [0, 0.05) is 39.3 Å². The molecule has 1 aromatic carbocycles. The summed E-state index contributed by atoms with van der Waals surface area (Å²) in [5.74, 6) is -0.0506. The van der Waals surface area contributed by atoms with Crippen LogP contribution in [0.25, 0.3) is 0 Å². The molecule has 0 spiro atoms. The van der Waals surface area contributed by atoms with E-state index in [0.717, 1.165) is 5.56 Å². The number of Topliss-reactive ketones (excluding diaryl/α,β-unsaturated/α-hetero) is 1. The monoisotopic (exact) mass is 553 g/mol. The first-order valence-corrected chi connectivity index (χ1v) is 7.14. The Hall–Kier alpha value is 0.462. The molecule has 0 aliphatic carbocycles. The van der Waals surface area contributed by atoms with Gasteiger partial charge in [-0.3, -0.25) is 4.31 Å². The molecular weight excluding hydrogens is 535 g/mol. The van der Waals surface area contributed by atoms with Gasteiger partial charge in [0.25, 0.3) is 0 Å². The van der Waals surface area contributed by atoms with Crippen LogP contribution in [0.4, 0.5) is 0 Å². The van der Waals surface area contributed by atoms with E-state index in [1.165, 1.54) is 10.7 Å². The van der Waals surface area contributed by atoms with Crippen LogP contribution >= 0.6 is 0 Å². The number of sulfonamides is 1. The Labute approximate surface area is 167 Å². The van der Waals surface area contributed by atoms with E-state index in [4.69, 9.17) is 0 Å². The van der Waals surface area contributed by atoms with Crippen LogP contribution in [-0.4, -0.2) is 31.1 Å². The molecule has 113 valence electrons. The number of carbonyl (C=O) groups excluding carboxylic acids is 1. The number of piperidine rings is 1. The fraction of sp³-hybridized carbons (Fsp3) is 0.286. The molecule has 7 heteroatoms. The van der Waals surface area contributed by atoms with Crippen molar-refractivity contribution in [1.29, 1.82) is 0 Å². The van der Waals surface area contributed by atoms with Crippen LogP contribution in [0.1, 0.15) is 12.0 Å². The van der Waals surface area contributed by atoms with Crippen molar-refractivity contribution >= 4 is 15.8 Å². The van der Waals surface area contributed by atoms with Crippen molar-refractivity contribution < 1.29 is 67.0 Å². The van der Waals surface area contributed by atoms with Crippen LogP contribution in [0.15, 0.2) is 29.2 Å². The van der Waals surface area contributed by atoms with E-state index in [1.807, 2.05) is 6.92 Å². The molecule has 21 heavy (non-hydrogen) atoms. The predicted octanol–water partition coefficient (Wildman–Crippen LogP) is 1.81. The number of aryl methyl sites for hydroxylation is 1. The van der Waals surface area contributed by atoms with E-state index in [1.54, 1.807) is 24.3 Å². The summed E-state index contributed by atoms with van der Waals surface area (Å²) in [5, 5.41) is 0. The fourth-order valence-electron chi connectivity index (χ4n) is 1.91. The van der Waals surface area contributed by atoms with E-state index in [2.05, 4.69) is 6.92 Å². The molecule has 4 nitrogen and oxygen atoms in total. The second-order valence-corrected chi connectivity index (χ2v) is 6.27. The molecule has 1 atom stereocenters. The van der Waals surface area contributed by atoms with Crippen LogP contribution in [0, 0.1) is 27.7 Å². The maximum absolute atomic E-state index is 12.4. The minimum Gasteiger partial charge on any atom is -0.358 e. The average molecular weight is 553 g/mol. The van der Waals surface area contributed by atoms with Gasteiger partial charge in [-0.05, 0) is 31.3 Å². The molecule has 1 radical (unpaired) electrons. The van der Waals surface area contributed by atoms with Crippen molar-refractivity contribution in [3.8, 4) is 0 Å². The number of ketones is 1. The molecule has 1 aliphatic heterocycles.